The minimum absolute atomic E-state index is 0.242. The Hall–Kier alpha value is -1.38. The van der Waals surface area contributed by atoms with E-state index < -0.39 is 10.0 Å². The van der Waals surface area contributed by atoms with E-state index in [0.29, 0.717) is 12.3 Å². The van der Waals surface area contributed by atoms with Gasteiger partial charge in [0.2, 0.25) is 5.09 Å². The fraction of sp³-hybridized carbons (Fsp3) is 0.100. The van der Waals surface area contributed by atoms with Crippen molar-refractivity contribution in [2.75, 3.05) is 5.32 Å². The molecule has 0 atom stereocenters. The Morgan fingerprint density at radius 3 is 2.67 bits per heavy atom. The minimum atomic E-state index is -3.78. The molecule has 0 aliphatic rings. The average molecular weight is 332 g/mol. The molecule has 2 rings (SSSR count). The van der Waals surface area contributed by atoms with Crippen molar-refractivity contribution in [3.8, 4) is 0 Å². The van der Waals surface area contributed by atoms with Crippen molar-refractivity contribution in [2.45, 2.75) is 11.6 Å². The van der Waals surface area contributed by atoms with Crippen molar-refractivity contribution < 1.29 is 12.8 Å². The molecule has 18 heavy (non-hydrogen) atoms. The van der Waals surface area contributed by atoms with E-state index in [1.165, 1.54) is 6.07 Å². The maximum atomic E-state index is 11.0. The van der Waals surface area contributed by atoms with E-state index in [1.807, 2.05) is 6.07 Å². The first-order valence-electron chi connectivity index (χ1n) is 4.92. The van der Waals surface area contributed by atoms with Crippen LogP contribution < -0.4 is 10.5 Å². The van der Waals surface area contributed by atoms with Gasteiger partial charge in [0.1, 0.15) is 10.4 Å². The number of pyridine rings is 1. The van der Waals surface area contributed by atoms with Crippen LogP contribution in [0.5, 0.6) is 0 Å². The highest BCUT2D eigenvalue weighted by molar-refractivity contribution is 9.10. The molecule has 0 spiro atoms. The van der Waals surface area contributed by atoms with Crippen LogP contribution in [-0.2, 0) is 16.6 Å². The fourth-order valence-corrected chi connectivity index (χ4v) is 1.99. The fourth-order valence-electron chi connectivity index (χ4n) is 1.28. The van der Waals surface area contributed by atoms with Crippen molar-refractivity contribution in [3.05, 3.63) is 40.8 Å². The number of nitrogens with two attached hydrogens (primary N) is 1. The van der Waals surface area contributed by atoms with Crippen LogP contribution in [0.2, 0.25) is 0 Å². The Labute approximate surface area is 112 Å². The van der Waals surface area contributed by atoms with E-state index in [4.69, 9.17) is 9.56 Å². The second-order valence-corrected chi connectivity index (χ2v) is 5.79. The van der Waals surface area contributed by atoms with E-state index in [0.717, 1.165) is 10.3 Å². The molecule has 0 radical (unpaired) electrons. The number of nitrogens with zero attached hydrogens (tertiary/aromatic N) is 1. The zero-order valence-corrected chi connectivity index (χ0v) is 11.5. The molecular formula is C10H10BrN3O3S. The summed E-state index contributed by atoms with van der Waals surface area (Å²) in [6.45, 7) is 0.346. The number of hydrogen-bond acceptors (Lipinski definition) is 5. The number of primary sulfonamides is 1. The summed E-state index contributed by atoms with van der Waals surface area (Å²) < 4.78 is 27.8. The van der Waals surface area contributed by atoms with Crippen LogP contribution in [0, 0.1) is 0 Å². The second-order valence-electron chi connectivity index (χ2n) is 3.49. The molecule has 8 heteroatoms. The quantitative estimate of drug-likeness (QED) is 0.831. The molecule has 96 valence electrons. The standard InChI is InChI=1S/C10H10BrN3O3S/c11-9-3-1-7(5-14-9)13-6-8-2-4-10(17-8)18(12,15)16/h1-5,13H,6H2,(H2,12,15,16). The topological polar surface area (TPSA) is 98.2 Å². The van der Waals surface area contributed by atoms with Crippen LogP contribution in [0.25, 0.3) is 0 Å². The number of sulfonamides is 1. The van der Waals surface area contributed by atoms with Gasteiger partial charge in [-0.05, 0) is 40.2 Å². The molecule has 0 fully saturated rings. The third-order valence-electron chi connectivity index (χ3n) is 2.11. The van der Waals surface area contributed by atoms with Crippen LogP contribution in [0.3, 0.4) is 0 Å². The molecule has 2 aromatic heterocycles. The number of nitrogens with one attached hydrogen (secondary N) is 1. The van der Waals surface area contributed by atoms with Crippen LogP contribution >= 0.6 is 15.9 Å². The summed E-state index contributed by atoms with van der Waals surface area (Å²) in [5.74, 6) is 0.474. The number of halogens is 1. The highest BCUT2D eigenvalue weighted by atomic mass is 79.9. The first-order valence-corrected chi connectivity index (χ1v) is 7.26. The molecule has 0 bridgehead atoms. The van der Waals surface area contributed by atoms with Crippen molar-refractivity contribution in [1.82, 2.24) is 4.98 Å². The van der Waals surface area contributed by atoms with Gasteiger partial charge in [-0.2, -0.15) is 0 Å². The van der Waals surface area contributed by atoms with Crippen LogP contribution in [0.4, 0.5) is 5.69 Å². The van der Waals surface area contributed by atoms with Gasteiger partial charge in [-0.3, -0.25) is 0 Å². The Kier molecular flexibility index (Phi) is 3.69. The summed E-state index contributed by atoms with van der Waals surface area (Å²) in [5, 5.41) is 7.73. The summed E-state index contributed by atoms with van der Waals surface area (Å²) in [7, 11) is -3.78. The Morgan fingerprint density at radius 1 is 1.33 bits per heavy atom. The predicted molar refractivity (Wildman–Crippen MR) is 69.3 cm³/mol. The SMILES string of the molecule is NS(=O)(=O)c1ccc(CNc2ccc(Br)nc2)o1. The number of anilines is 1. The lowest BCUT2D eigenvalue weighted by molar-refractivity contribution is 0.419. The molecule has 2 heterocycles. The molecule has 0 amide bonds. The average Bonchev–Trinajstić information content (AvgIpc) is 2.77. The summed E-state index contributed by atoms with van der Waals surface area (Å²) in [5.41, 5.74) is 0.798. The largest absolute Gasteiger partial charge is 0.446 e. The zero-order valence-electron chi connectivity index (χ0n) is 9.13. The van der Waals surface area contributed by atoms with E-state index in [2.05, 4.69) is 26.2 Å². The third-order valence-corrected chi connectivity index (χ3v) is 3.36. The Morgan fingerprint density at radius 2 is 2.11 bits per heavy atom. The van der Waals surface area contributed by atoms with E-state index in [-0.39, 0.29) is 5.09 Å². The molecule has 0 aliphatic heterocycles. The van der Waals surface area contributed by atoms with Gasteiger partial charge in [0.25, 0.3) is 10.0 Å². The maximum Gasteiger partial charge on any atom is 0.271 e. The third kappa shape index (κ3) is 3.31. The van der Waals surface area contributed by atoms with Crippen molar-refractivity contribution in [1.29, 1.82) is 0 Å². The molecule has 0 aromatic carbocycles. The first kappa shape index (κ1) is 13.1. The van der Waals surface area contributed by atoms with Gasteiger partial charge in [0.15, 0.2) is 0 Å². The zero-order chi connectivity index (χ0) is 13.2. The van der Waals surface area contributed by atoms with Crippen LogP contribution in [0.1, 0.15) is 5.76 Å². The summed E-state index contributed by atoms with van der Waals surface area (Å²) in [6, 6.07) is 6.51. The lowest BCUT2D eigenvalue weighted by atomic mass is 10.4. The van der Waals surface area contributed by atoms with Crippen LogP contribution in [0.15, 0.2) is 44.6 Å². The highest BCUT2D eigenvalue weighted by Gasteiger charge is 2.12. The molecule has 0 saturated carbocycles. The lowest BCUT2D eigenvalue weighted by Crippen LogP contribution is -2.10. The molecule has 0 unspecified atom stereocenters. The lowest BCUT2D eigenvalue weighted by Gasteiger charge is -2.03. The van der Waals surface area contributed by atoms with Crippen molar-refractivity contribution in [3.63, 3.8) is 0 Å². The van der Waals surface area contributed by atoms with Gasteiger partial charge in [-0.25, -0.2) is 18.5 Å². The van der Waals surface area contributed by atoms with E-state index >= 15 is 0 Å². The molecule has 6 nitrogen and oxygen atoms in total. The van der Waals surface area contributed by atoms with E-state index in [9.17, 15) is 8.42 Å². The summed E-state index contributed by atoms with van der Waals surface area (Å²) >= 11 is 3.23. The number of furan rings is 1. The van der Waals surface area contributed by atoms with Gasteiger partial charge >= 0.3 is 0 Å². The number of rotatable bonds is 4. The summed E-state index contributed by atoms with van der Waals surface area (Å²) in [6.07, 6.45) is 1.65. The second kappa shape index (κ2) is 5.09. The molecule has 2 aromatic rings. The van der Waals surface area contributed by atoms with Crippen LogP contribution in [-0.4, -0.2) is 13.4 Å². The van der Waals surface area contributed by atoms with Crippen molar-refractivity contribution >= 4 is 31.6 Å². The first-order chi connectivity index (χ1) is 8.45. The van der Waals surface area contributed by atoms with E-state index in [1.54, 1.807) is 18.3 Å². The molecule has 3 N–H and O–H groups in total. The monoisotopic (exact) mass is 331 g/mol. The molecule has 0 aliphatic carbocycles. The van der Waals surface area contributed by atoms with Gasteiger partial charge in [-0.1, -0.05) is 0 Å². The van der Waals surface area contributed by atoms with Gasteiger partial charge in [0, 0.05) is 0 Å². The number of aromatic nitrogens is 1. The summed E-state index contributed by atoms with van der Waals surface area (Å²) in [4.78, 5) is 4.04. The Bertz CT molecular complexity index is 637. The van der Waals surface area contributed by atoms with Gasteiger partial charge in [-0.15, -0.1) is 0 Å². The Balaban J connectivity index is 2.03. The number of hydrogen-bond donors (Lipinski definition) is 2. The van der Waals surface area contributed by atoms with Gasteiger partial charge < -0.3 is 9.73 Å². The molecular weight excluding hydrogens is 322 g/mol. The smallest absolute Gasteiger partial charge is 0.271 e. The maximum absolute atomic E-state index is 11.0. The highest BCUT2D eigenvalue weighted by Crippen LogP contribution is 2.15. The van der Waals surface area contributed by atoms with Crippen molar-refractivity contribution in [2.24, 2.45) is 5.14 Å². The molecule has 0 saturated heterocycles. The minimum Gasteiger partial charge on any atom is -0.446 e. The normalized spacial score (nSPS) is 11.4. The predicted octanol–water partition coefficient (Wildman–Crippen LogP) is 1.70. The van der Waals surface area contributed by atoms with Gasteiger partial charge in [0.05, 0.1) is 18.4 Å².